The molecule has 0 aromatic carbocycles. The zero-order valence-corrected chi connectivity index (χ0v) is 8.73. The van der Waals surface area contributed by atoms with E-state index >= 15 is 0 Å². The highest BCUT2D eigenvalue weighted by atomic mass is 16.5. The van der Waals surface area contributed by atoms with Crippen LogP contribution < -0.4 is 0 Å². The molecule has 1 N–H and O–H groups in total. The van der Waals surface area contributed by atoms with E-state index in [1.165, 1.54) is 21.1 Å². The topological polar surface area (TPSA) is 85.2 Å². The Kier molecular flexibility index (Phi) is 10.1. The molecule has 0 fully saturated rings. The Labute approximate surface area is 82.5 Å². The maximum absolute atomic E-state index is 10.2. The molecule has 0 aromatic heterocycles. The van der Waals surface area contributed by atoms with E-state index in [0.29, 0.717) is 6.42 Å². The molecule has 0 bridgehead atoms. The first-order valence-corrected chi connectivity index (χ1v) is 3.87. The first kappa shape index (κ1) is 14.9. The molecule has 0 aliphatic rings. The number of hydrogen-bond donors (Lipinski definition) is 1. The fourth-order valence-corrected chi connectivity index (χ4v) is 0.333. The molecule has 0 aromatic rings. The van der Waals surface area contributed by atoms with Crippen LogP contribution in [0.15, 0.2) is 5.16 Å². The van der Waals surface area contributed by atoms with Crippen LogP contribution in [0.4, 0.5) is 0 Å². The Bertz CT molecular complexity index is 206. The molecule has 82 valence electrons. The van der Waals surface area contributed by atoms with E-state index in [1.807, 2.05) is 0 Å². The summed E-state index contributed by atoms with van der Waals surface area (Å²) >= 11 is 0. The molecular weight excluding hydrogens is 190 g/mol. The van der Waals surface area contributed by atoms with E-state index in [0.717, 1.165) is 0 Å². The van der Waals surface area contributed by atoms with Crippen LogP contribution >= 0.6 is 0 Å². The number of oxime groups is 1. The maximum atomic E-state index is 10.2. The average molecular weight is 205 g/mol. The molecule has 14 heavy (non-hydrogen) atoms. The second-order valence-corrected chi connectivity index (χ2v) is 2.11. The lowest BCUT2D eigenvalue weighted by molar-refractivity contribution is -0.140. The number of rotatable bonds is 2. The number of carbonyl (C=O) groups is 2. The van der Waals surface area contributed by atoms with Crippen molar-refractivity contribution < 1.29 is 24.3 Å². The minimum absolute atomic E-state index is 0.0486. The van der Waals surface area contributed by atoms with Gasteiger partial charge in [0, 0.05) is 6.42 Å². The van der Waals surface area contributed by atoms with Gasteiger partial charge in [0.25, 0.3) is 0 Å². The standard InChI is InChI=1S/C4H7NO3.C4H8O2/c1-3(5-7)4(6)8-2;1-3-4(5)6-2/h7H,1-2H3;3H2,1-2H3. The van der Waals surface area contributed by atoms with E-state index in [2.05, 4.69) is 14.6 Å². The number of nitrogens with zero attached hydrogens (tertiary/aromatic N) is 1. The van der Waals surface area contributed by atoms with Gasteiger partial charge in [0.15, 0.2) is 5.71 Å². The van der Waals surface area contributed by atoms with Crippen LogP contribution in [0.25, 0.3) is 0 Å². The molecule has 6 heteroatoms. The van der Waals surface area contributed by atoms with Crippen molar-refractivity contribution in [1.82, 2.24) is 0 Å². The monoisotopic (exact) mass is 205 g/mol. The van der Waals surface area contributed by atoms with Crippen molar-refractivity contribution in [3.05, 3.63) is 0 Å². The van der Waals surface area contributed by atoms with Crippen LogP contribution in [0.1, 0.15) is 20.3 Å². The zero-order valence-electron chi connectivity index (χ0n) is 8.73. The maximum Gasteiger partial charge on any atom is 0.355 e. The molecule has 0 atom stereocenters. The van der Waals surface area contributed by atoms with Crippen LogP contribution in [-0.2, 0) is 19.1 Å². The molecule has 0 saturated heterocycles. The van der Waals surface area contributed by atoms with Crippen LogP contribution in [-0.4, -0.2) is 37.1 Å². The van der Waals surface area contributed by atoms with E-state index < -0.39 is 5.97 Å². The predicted octanol–water partition coefficient (Wildman–Crippen LogP) is 0.579. The van der Waals surface area contributed by atoms with Gasteiger partial charge in [0.05, 0.1) is 14.2 Å². The Balaban J connectivity index is 0. The third kappa shape index (κ3) is 8.51. The van der Waals surface area contributed by atoms with Crippen molar-refractivity contribution in [2.24, 2.45) is 5.16 Å². The lowest BCUT2D eigenvalue weighted by atomic mass is 10.4. The SMILES string of the molecule is CCC(=O)OC.COC(=O)C(C)=NO. The molecule has 0 heterocycles. The first-order valence-electron chi connectivity index (χ1n) is 3.87. The van der Waals surface area contributed by atoms with Crippen molar-refractivity contribution in [1.29, 1.82) is 0 Å². The zero-order chi connectivity index (χ0) is 11.6. The van der Waals surface area contributed by atoms with Crippen LogP contribution in [0.3, 0.4) is 0 Å². The summed E-state index contributed by atoms with van der Waals surface area (Å²) in [6.45, 7) is 3.11. The molecule has 6 nitrogen and oxygen atoms in total. The summed E-state index contributed by atoms with van der Waals surface area (Å²) < 4.78 is 8.43. The van der Waals surface area contributed by atoms with Crippen LogP contribution in [0.5, 0.6) is 0 Å². The van der Waals surface area contributed by atoms with Gasteiger partial charge >= 0.3 is 11.9 Å². The number of hydrogen-bond acceptors (Lipinski definition) is 6. The van der Waals surface area contributed by atoms with E-state index in [1.54, 1.807) is 6.92 Å². The largest absolute Gasteiger partial charge is 0.469 e. The lowest BCUT2D eigenvalue weighted by Crippen LogP contribution is -2.11. The summed E-state index contributed by atoms with van der Waals surface area (Å²) in [5.41, 5.74) is -0.0486. The van der Waals surface area contributed by atoms with Gasteiger partial charge in [-0.25, -0.2) is 4.79 Å². The van der Waals surface area contributed by atoms with Gasteiger partial charge in [-0.3, -0.25) is 4.79 Å². The average Bonchev–Trinajstić information content (AvgIpc) is 2.26. The highest BCUT2D eigenvalue weighted by molar-refractivity contribution is 6.35. The number of esters is 2. The van der Waals surface area contributed by atoms with Gasteiger partial charge < -0.3 is 14.7 Å². The highest BCUT2D eigenvalue weighted by Gasteiger charge is 2.02. The highest BCUT2D eigenvalue weighted by Crippen LogP contribution is 1.77. The summed E-state index contributed by atoms with van der Waals surface area (Å²) in [6, 6.07) is 0. The third-order valence-corrected chi connectivity index (χ3v) is 1.15. The quantitative estimate of drug-likeness (QED) is 0.308. The third-order valence-electron chi connectivity index (χ3n) is 1.15. The first-order chi connectivity index (χ1) is 6.53. The molecular formula is C8H15NO5. The Morgan fingerprint density at radius 2 is 1.79 bits per heavy atom. The van der Waals surface area contributed by atoms with Crippen LogP contribution in [0, 0.1) is 0 Å². The molecule has 0 aliphatic heterocycles. The van der Waals surface area contributed by atoms with Crippen molar-refractivity contribution in [3.8, 4) is 0 Å². The summed E-state index contributed by atoms with van der Waals surface area (Å²) in [5.74, 6) is -0.775. The summed E-state index contributed by atoms with van der Waals surface area (Å²) in [7, 11) is 2.60. The summed E-state index contributed by atoms with van der Waals surface area (Å²) in [4.78, 5) is 20.2. The molecule has 0 rings (SSSR count). The Morgan fingerprint density at radius 1 is 1.29 bits per heavy atom. The summed E-state index contributed by atoms with van der Waals surface area (Å²) in [5, 5.41) is 10.5. The normalized spacial score (nSPS) is 9.57. The molecule has 0 spiro atoms. The molecule has 0 aliphatic carbocycles. The minimum atomic E-state index is -0.618. The van der Waals surface area contributed by atoms with Crippen molar-refractivity contribution in [3.63, 3.8) is 0 Å². The Hall–Kier alpha value is -1.59. The van der Waals surface area contributed by atoms with Crippen molar-refractivity contribution in [2.75, 3.05) is 14.2 Å². The van der Waals surface area contributed by atoms with E-state index in [4.69, 9.17) is 5.21 Å². The van der Waals surface area contributed by atoms with Crippen LogP contribution in [0.2, 0.25) is 0 Å². The number of methoxy groups -OCH3 is 2. The fourth-order valence-electron chi connectivity index (χ4n) is 0.333. The summed E-state index contributed by atoms with van der Waals surface area (Å²) in [6.07, 6.45) is 0.469. The second-order valence-electron chi connectivity index (χ2n) is 2.11. The fraction of sp³-hybridized carbons (Fsp3) is 0.625. The van der Waals surface area contributed by atoms with E-state index in [-0.39, 0.29) is 11.7 Å². The van der Waals surface area contributed by atoms with Crippen molar-refractivity contribution >= 4 is 17.7 Å². The minimum Gasteiger partial charge on any atom is -0.469 e. The van der Waals surface area contributed by atoms with Gasteiger partial charge in [-0.1, -0.05) is 12.1 Å². The van der Waals surface area contributed by atoms with Gasteiger partial charge in [-0.15, -0.1) is 0 Å². The van der Waals surface area contributed by atoms with E-state index in [9.17, 15) is 9.59 Å². The molecule has 0 radical (unpaired) electrons. The van der Waals surface area contributed by atoms with Gasteiger partial charge in [0.2, 0.25) is 0 Å². The predicted molar refractivity (Wildman–Crippen MR) is 49.2 cm³/mol. The van der Waals surface area contributed by atoms with Gasteiger partial charge in [0.1, 0.15) is 0 Å². The van der Waals surface area contributed by atoms with Gasteiger partial charge in [-0.2, -0.15) is 0 Å². The number of ether oxygens (including phenoxy) is 2. The lowest BCUT2D eigenvalue weighted by Gasteiger charge is -1.91. The van der Waals surface area contributed by atoms with Crippen molar-refractivity contribution in [2.45, 2.75) is 20.3 Å². The smallest absolute Gasteiger partial charge is 0.355 e. The number of carbonyl (C=O) groups excluding carboxylic acids is 2. The second kappa shape index (κ2) is 9.50. The Morgan fingerprint density at radius 3 is 1.86 bits per heavy atom. The molecule has 0 amide bonds. The van der Waals surface area contributed by atoms with Gasteiger partial charge in [-0.05, 0) is 6.92 Å². The molecule has 0 saturated carbocycles. The molecule has 0 unspecified atom stereocenters.